The van der Waals surface area contributed by atoms with Gasteiger partial charge in [-0.3, -0.25) is 14.4 Å². The number of hydrogen-bond acceptors (Lipinski definition) is 7. The van der Waals surface area contributed by atoms with Gasteiger partial charge in [0.1, 0.15) is 5.76 Å². The summed E-state index contributed by atoms with van der Waals surface area (Å²) >= 11 is 0. The van der Waals surface area contributed by atoms with Crippen LogP contribution in [0.25, 0.3) is 12.2 Å². The highest BCUT2D eigenvalue weighted by molar-refractivity contribution is 6.37. The fourth-order valence-electron chi connectivity index (χ4n) is 6.84. The Hall–Kier alpha value is -5.32. The number of fused-ring (bicyclic) bond motifs is 6. The second-order valence-electron chi connectivity index (χ2n) is 12.4. The van der Waals surface area contributed by atoms with E-state index in [1.165, 1.54) is 0 Å². The predicted molar refractivity (Wildman–Crippen MR) is 179 cm³/mol. The quantitative estimate of drug-likeness (QED) is 0.203. The molecule has 0 saturated heterocycles. The van der Waals surface area contributed by atoms with Gasteiger partial charge in [0.15, 0.2) is 0 Å². The Morgan fingerprint density at radius 3 is 1.96 bits per heavy atom. The highest BCUT2D eigenvalue weighted by Crippen LogP contribution is 2.42. The lowest BCUT2D eigenvalue weighted by Gasteiger charge is -2.21. The number of aromatic nitrogens is 1. The van der Waals surface area contributed by atoms with Crippen molar-refractivity contribution in [2.24, 2.45) is 15.0 Å². The molecular formula is C36H36N4O7. The van der Waals surface area contributed by atoms with Gasteiger partial charge in [0.05, 0.1) is 39.8 Å². The third kappa shape index (κ3) is 5.77. The molecule has 0 unspecified atom stereocenters. The number of aliphatic hydroxyl groups excluding tert-OH is 1. The Kier molecular flexibility index (Phi) is 8.17. The average molecular weight is 637 g/mol. The average Bonchev–Trinajstić information content (AvgIpc) is 3.67. The number of rotatable bonds is 9. The molecule has 47 heavy (non-hydrogen) atoms. The number of carbonyl (C=O) groups is 3. The minimum absolute atomic E-state index is 0.0783. The van der Waals surface area contributed by atoms with Crippen LogP contribution in [0.2, 0.25) is 0 Å². The molecule has 1 aromatic heterocycles. The first-order chi connectivity index (χ1) is 22.3. The number of aliphatic carboxylic acids is 3. The molecule has 242 valence electrons. The fraction of sp³-hybridized carbons (Fsp3) is 0.333. The Morgan fingerprint density at radius 1 is 0.681 bits per heavy atom. The van der Waals surface area contributed by atoms with E-state index in [0.29, 0.717) is 64.0 Å². The van der Waals surface area contributed by atoms with Gasteiger partial charge in [-0.15, -0.1) is 0 Å². The normalized spacial score (nSPS) is 18.7. The van der Waals surface area contributed by atoms with E-state index < -0.39 is 17.9 Å². The van der Waals surface area contributed by atoms with Crippen molar-refractivity contribution < 1.29 is 34.8 Å². The standard InChI is InChI=1S/C36H36N4O7/c1-16-20(6-10-31(42)43)28-15-29-21(7-11-32(44)45)17(2)25(38-29)14-27-19(4)23(8-12-33(46)47)36(40-27)34-30(41)9-5-22-18(3)26(39-35(22)34)13-24(16)37-28/h13-15,38,41H,5-12H2,1-4H3,(H,42,43)(H,44,45)(H,46,47). The third-order valence-corrected chi connectivity index (χ3v) is 9.52. The second-order valence-corrected chi connectivity index (χ2v) is 12.4. The van der Waals surface area contributed by atoms with Crippen LogP contribution in [-0.2, 0) is 20.8 Å². The van der Waals surface area contributed by atoms with Gasteiger partial charge in [-0.25, -0.2) is 15.0 Å². The van der Waals surface area contributed by atoms with E-state index in [9.17, 15) is 34.8 Å². The molecule has 0 atom stereocenters. The molecule has 1 aliphatic carbocycles. The van der Waals surface area contributed by atoms with Crippen molar-refractivity contribution in [3.8, 4) is 0 Å². The van der Waals surface area contributed by atoms with Crippen molar-refractivity contribution >= 4 is 47.2 Å². The van der Waals surface area contributed by atoms with Gasteiger partial charge in [-0.05, 0) is 116 Å². The Bertz CT molecular complexity index is 2000. The van der Waals surface area contributed by atoms with Crippen LogP contribution in [0.15, 0.2) is 82.9 Å². The Balaban J connectivity index is 1.64. The molecule has 0 aromatic carbocycles. The number of nitrogens with zero attached hydrogens (tertiary/aromatic N) is 3. The molecule has 1 aromatic rings. The minimum Gasteiger partial charge on any atom is -0.512 e. The van der Waals surface area contributed by atoms with Crippen LogP contribution in [0, 0.1) is 6.92 Å². The maximum atomic E-state index is 11.7. The number of aromatic amines is 1. The van der Waals surface area contributed by atoms with Crippen molar-refractivity contribution in [3.05, 3.63) is 90.5 Å². The summed E-state index contributed by atoms with van der Waals surface area (Å²) in [7, 11) is 0. The molecule has 8 bridgehead atoms. The smallest absolute Gasteiger partial charge is 0.303 e. The van der Waals surface area contributed by atoms with Gasteiger partial charge in [-0.2, -0.15) is 0 Å². The molecular weight excluding hydrogens is 600 g/mol. The topological polar surface area (TPSA) is 185 Å². The SMILES string of the molecule is CC1=C(CCC(=O)O)C2=Cc3[nH]c(c(C)c3CCC(=O)O)C=C3N=C(C(CCC(=O)O)=C3C)C3=C(O)CCC4=C(C)C(=CC1=N2)N=C43. The first kappa shape index (κ1) is 31.7. The number of H-pyrrole nitrogens is 1. The molecule has 0 radical (unpaired) electrons. The maximum absolute atomic E-state index is 11.7. The highest BCUT2D eigenvalue weighted by atomic mass is 16.4. The zero-order valence-electron chi connectivity index (χ0n) is 26.7. The number of allylic oxidation sites excluding steroid dienone is 9. The van der Waals surface area contributed by atoms with Crippen molar-refractivity contribution in [3.63, 3.8) is 0 Å². The number of nitrogens with one attached hydrogen (secondary N) is 1. The van der Waals surface area contributed by atoms with Gasteiger partial charge < -0.3 is 25.4 Å². The zero-order chi connectivity index (χ0) is 33.7. The summed E-state index contributed by atoms with van der Waals surface area (Å²) in [5.74, 6) is -2.65. The number of carboxylic acids is 3. The summed E-state index contributed by atoms with van der Waals surface area (Å²) in [5.41, 5.74) is 12.2. The van der Waals surface area contributed by atoms with Crippen LogP contribution in [0.1, 0.15) is 88.2 Å². The lowest BCUT2D eigenvalue weighted by molar-refractivity contribution is -0.138. The summed E-state index contributed by atoms with van der Waals surface area (Å²) in [4.78, 5) is 53.3. The highest BCUT2D eigenvalue weighted by Gasteiger charge is 2.36. The lowest BCUT2D eigenvalue weighted by Crippen LogP contribution is -2.22. The maximum Gasteiger partial charge on any atom is 0.303 e. The summed E-state index contributed by atoms with van der Waals surface area (Å²) in [6, 6.07) is 0. The van der Waals surface area contributed by atoms with Crippen molar-refractivity contribution in [1.82, 2.24) is 4.98 Å². The first-order valence-corrected chi connectivity index (χ1v) is 15.7. The molecule has 0 spiro atoms. The summed E-state index contributed by atoms with van der Waals surface area (Å²) in [5, 5.41) is 39.9. The van der Waals surface area contributed by atoms with Crippen LogP contribution < -0.4 is 0 Å². The first-order valence-electron chi connectivity index (χ1n) is 15.7. The molecule has 0 amide bonds. The van der Waals surface area contributed by atoms with Crippen LogP contribution in [-0.4, -0.2) is 60.5 Å². The van der Waals surface area contributed by atoms with Gasteiger partial charge in [0.25, 0.3) is 0 Å². The molecule has 5 N–H and O–H groups in total. The predicted octanol–water partition coefficient (Wildman–Crippen LogP) is 6.57. The van der Waals surface area contributed by atoms with E-state index >= 15 is 0 Å². The van der Waals surface area contributed by atoms with E-state index in [-0.39, 0.29) is 44.3 Å². The number of carboxylic acid groups (broad SMARTS) is 3. The Morgan fingerprint density at radius 2 is 1.28 bits per heavy atom. The van der Waals surface area contributed by atoms with Gasteiger partial charge in [-0.1, -0.05) is 0 Å². The number of aliphatic hydroxyl groups is 1. The molecule has 11 nitrogen and oxygen atoms in total. The summed E-state index contributed by atoms with van der Waals surface area (Å²) < 4.78 is 0. The van der Waals surface area contributed by atoms with Crippen LogP contribution in [0.4, 0.5) is 0 Å². The van der Waals surface area contributed by atoms with Crippen LogP contribution in [0.5, 0.6) is 0 Å². The third-order valence-electron chi connectivity index (χ3n) is 9.52. The molecule has 5 aliphatic rings. The van der Waals surface area contributed by atoms with Crippen LogP contribution in [0.3, 0.4) is 0 Å². The Labute approximate surface area is 271 Å². The van der Waals surface area contributed by atoms with Crippen molar-refractivity contribution in [2.75, 3.05) is 0 Å². The van der Waals surface area contributed by atoms with E-state index in [1.807, 2.05) is 45.9 Å². The monoisotopic (exact) mass is 636 g/mol. The molecule has 0 fully saturated rings. The van der Waals surface area contributed by atoms with Crippen molar-refractivity contribution in [2.45, 2.75) is 79.1 Å². The largest absolute Gasteiger partial charge is 0.512 e. The molecule has 4 aliphatic heterocycles. The zero-order valence-corrected chi connectivity index (χ0v) is 26.7. The van der Waals surface area contributed by atoms with Crippen molar-refractivity contribution in [1.29, 1.82) is 0 Å². The molecule has 6 rings (SSSR count). The molecule has 11 heteroatoms. The van der Waals surface area contributed by atoms with E-state index in [4.69, 9.17) is 15.0 Å². The van der Waals surface area contributed by atoms with E-state index in [2.05, 4.69) is 4.98 Å². The molecule has 0 saturated carbocycles. The number of aliphatic imine (C=N–C) groups is 3. The van der Waals surface area contributed by atoms with Gasteiger partial charge >= 0.3 is 17.9 Å². The van der Waals surface area contributed by atoms with Gasteiger partial charge in [0, 0.05) is 37.1 Å². The number of hydrogen-bond donors (Lipinski definition) is 5. The van der Waals surface area contributed by atoms with E-state index in [0.717, 1.165) is 44.6 Å². The summed E-state index contributed by atoms with van der Waals surface area (Å²) in [6.45, 7) is 7.69. The fourth-order valence-corrected chi connectivity index (χ4v) is 6.84. The lowest BCUT2D eigenvalue weighted by atomic mass is 9.83. The summed E-state index contributed by atoms with van der Waals surface area (Å²) in [6.07, 6.45) is 7.04. The minimum atomic E-state index is -0.940. The van der Waals surface area contributed by atoms with E-state index in [1.54, 1.807) is 0 Å². The second kappa shape index (κ2) is 12.1. The van der Waals surface area contributed by atoms with Gasteiger partial charge in [0.2, 0.25) is 0 Å². The molecule has 5 heterocycles. The van der Waals surface area contributed by atoms with Crippen LogP contribution >= 0.6 is 0 Å².